The second kappa shape index (κ2) is 4.05. The fourth-order valence-electron chi connectivity index (χ4n) is 2.10. The molecule has 0 aliphatic carbocycles. The smallest absolute Gasteiger partial charge is 0.134 e. The lowest BCUT2D eigenvalue weighted by atomic mass is 10.2. The molecule has 2 nitrogen and oxygen atoms in total. The number of thiazole rings is 1. The van der Waals surface area contributed by atoms with Crippen molar-refractivity contribution < 1.29 is 5.11 Å². The second-order valence-corrected chi connectivity index (χ2v) is 6.43. The summed E-state index contributed by atoms with van der Waals surface area (Å²) >= 11 is 3.37. The normalized spacial score (nSPS) is 11.4. The first kappa shape index (κ1) is 11.0. The maximum absolute atomic E-state index is 9.52. The van der Waals surface area contributed by atoms with Crippen molar-refractivity contribution >= 4 is 43.0 Å². The van der Waals surface area contributed by atoms with Gasteiger partial charge in [-0.2, -0.15) is 0 Å². The molecule has 1 N–H and O–H groups in total. The molecule has 0 atom stereocenters. The molecule has 0 aliphatic rings. The number of benzene rings is 2. The average Bonchev–Trinajstić information content (AvgIpc) is 3.00. The van der Waals surface area contributed by atoms with Crippen LogP contribution < -0.4 is 0 Å². The molecule has 0 unspecified atom stereocenters. The zero-order chi connectivity index (χ0) is 12.8. The number of aromatic hydroxyl groups is 1. The third-order valence-corrected chi connectivity index (χ3v) is 5.31. The van der Waals surface area contributed by atoms with E-state index in [2.05, 4.69) is 17.1 Å². The lowest BCUT2D eigenvalue weighted by Crippen LogP contribution is -1.67. The zero-order valence-corrected chi connectivity index (χ0v) is 11.5. The minimum atomic E-state index is 0.310. The molecule has 4 heteroatoms. The summed E-state index contributed by atoms with van der Waals surface area (Å²) in [6.45, 7) is 0. The summed E-state index contributed by atoms with van der Waals surface area (Å²) in [7, 11) is 0. The Morgan fingerprint density at radius 1 is 0.895 bits per heavy atom. The van der Waals surface area contributed by atoms with E-state index in [1.165, 1.54) is 4.70 Å². The SMILES string of the molecule is Oc1ccc2cc(-c3nc4ccccc4s3)sc2c1. The van der Waals surface area contributed by atoms with Crippen LogP contribution in [0.5, 0.6) is 5.75 Å². The van der Waals surface area contributed by atoms with Crippen molar-refractivity contribution in [2.75, 3.05) is 0 Å². The Hall–Kier alpha value is -1.91. The number of phenolic OH excluding ortho intramolecular Hbond substituents is 1. The van der Waals surface area contributed by atoms with Crippen molar-refractivity contribution in [3.8, 4) is 15.6 Å². The van der Waals surface area contributed by atoms with Crippen molar-refractivity contribution in [3.05, 3.63) is 48.5 Å². The van der Waals surface area contributed by atoms with Crippen molar-refractivity contribution in [3.63, 3.8) is 0 Å². The Labute approximate surface area is 117 Å². The molecule has 0 radical (unpaired) electrons. The van der Waals surface area contributed by atoms with E-state index in [9.17, 15) is 5.11 Å². The summed E-state index contributed by atoms with van der Waals surface area (Å²) in [5.74, 6) is 0.310. The maximum atomic E-state index is 9.52. The van der Waals surface area contributed by atoms with E-state index in [-0.39, 0.29) is 0 Å². The van der Waals surface area contributed by atoms with E-state index in [0.717, 1.165) is 25.5 Å². The second-order valence-electron chi connectivity index (χ2n) is 4.32. The van der Waals surface area contributed by atoms with Gasteiger partial charge in [0.1, 0.15) is 10.8 Å². The standard InChI is InChI=1S/C15H9NOS2/c17-10-6-5-9-7-14(18-13(9)8-10)15-16-11-3-1-2-4-12(11)19-15/h1-8,17H. The first-order valence-electron chi connectivity index (χ1n) is 5.88. The van der Waals surface area contributed by atoms with E-state index in [0.29, 0.717) is 5.75 Å². The lowest BCUT2D eigenvalue weighted by molar-refractivity contribution is 0.476. The minimum absolute atomic E-state index is 0.310. The van der Waals surface area contributed by atoms with Gasteiger partial charge < -0.3 is 5.11 Å². The zero-order valence-electron chi connectivity index (χ0n) is 9.83. The van der Waals surface area contributed by atoms with Gasteiger partial charge in [0.2, 0.25) is 0 Å². The Bertz CT molecular complexity index is 858. The molecule has 2 aromatic heterocycles. The first-order valence-corrected chi connectivity index (χ1v) is 7.51. The number of para-hydroxylation sites is 1. The number of nitrogens with zero attached hydrogens (tertiary/aromatic N) is 1. The maximum Gasteiger partial charge on any atom is 0.134 e. The molecule has 0 spiro atoms. The van der Waals surface area contributed by atoms with Gasteiger partial charge in [0, 0.05) is 4.70 Å². The van der Waals surface area contributed by atoms with Crippen LogP contribution in [0.4, 0.5) is 0 Å². The van der Waals surface area contributed by atoms with Gasteiger partial charge in [-0.15, -0.1) is 22.7 Å². The summed E-state index contributed by atoms with van der Waals surface area (Å²) in [6.07, 6.45) is 0. The van der Waals surface area contributed by atoms with Gasteiger partial charge in [-0.3, -0.25) is 0 Å². The van der Waals surface area contributed by atoms with Crippen LogP contribution in [0.2, 0.25) is 0 Å². The number of phenols is 1. The highest BCUT2D eigenvalue weighted by Gasteiger charge is 2.09. The molecule has 0 bridgehead atoms. The summed E-state index contributed by atoms with van der Waals surface area (Å²) in [6, 6.07) is 15.8. The van der Waals surface area contributed by atoms with E-state index >= 15 is 0 Å². The predicted molar refractivity (Wildman–Crippen MR) is 82.1 cm³/mol. The van der Waals surface area contributed by atoms with E-state index < -0.39 is 0 Å². The molecule has 0 aliphatic heterocycles. The van der Waals surface area contributed by atoms with E-state index in [4.69, 9.17) is 0 Å². The molecular weight excluding hydrogens is 274 g/mol. The molecule has 2 aromatic carbocycles. The Morgan fingerprint density at radius 2 is 1.79 bits per heavy atom. The molecule has 0 amide bonds. The highest BCUT2D eigenvalue weighted by atomic mass is 32.1. The van der Waals surface area contributed by atoms with Gasteiger partial charge in [0.25, 0.3) is 0 Å². The van der Waals surface area contributed by atoms with Crippen molar-refractivity contribution in [2.45, 2.75) is 0 Å². The van der Waals surface area contributed by atoms with E-state index in [1.807, 2.05) is 24.3 Å². The Kier molecular flexibility index (Phi) is 2.33. The van der Waals surface area contributed by atoms with Gasteiger partial charge in [-0.05, 0) is 41.8 Å². The van der Waals surface area contributed by atoms with Crippen LogP contribution >= 0.6 is 22.7 Å². The van der Waals surface area contributed by atoms with Crippen LogP contribution in [-0.4, -0.2) is 10.1 Å². The van der Waals surface area contributed by atoms with Crippen LogP contribution in [0, 0.1) is 0 Å². The molecule has 0 saturated carbocycles. The number of rotatable bonds is 1. The highest BCUT2D eigenvalue weighted by Crippen LogP contribution is 2.38. The van der Waals surface area contributed by atoms with Gasteiger partial charge >= 0.3 is 0 Å². The summed E-state index contributed by atoms with van der Waals surface area (Å²) in [5.41, 5.74) is 1.04. The monoisotopic (exact) mass is 283 g/mol. The highest BCUT2D eigenvalue weighted by molar-refractivity contribution is 7.28. The van der Waals surface area contributed by atoms with Crippen LogP contribution in [0.1, 0.15) is 0 Å². The predicted octanol–water partition coefficient (Wildman–Crippen LogP) is 4.88. The van der Waals surface area contributed by atoms with Gasteiger partial charge in [-0.1, -0.05) is 12.1 Å². The fourth-order valence-corrected chi connectivity index (χ4v) is 4.21. The molecule has 2 heterocycles. The topological polar surface area (TPSA) is 33.1 Å². The molecule has 92 valence electrons. The Morgan fingerprint density at radius 3 is 2.68 bits per heavy atom. The van der Waals surface area contributed by atoms with Crippen LogP contribution in [0.25, 0.3) is 30.2 Å². The number of aromatic nitrogens is 1. The molecule has 0 saturated heterocycles. The van der Waals surface area contributed by atoms with E-state index in [1.54, 1.807) is 34.8 Å². The van der Waals surface area contributed by atoms with Crippen LogP contribution in [0.3, 0.4) is 0 Å². The third-order valence-electron chi connectivity index (χ3n) is 3.01. The van der Waals surface area contributed by atoms with Crippen molar-refractivity contribution in [1.82, 2.24) is 4.98 Å². The molecular formula is C15H9NOS2. The fraction of sp³-hybridized carbons (Fsp3) is 0. The van der Waals surface area contributed by atoms with Crippen molar-refractivity contribution in [1.29, 1.82) is 0 Å². The lowest BCUT2D eigenvalue weighted by Gasteiger charge is -1.89. The number of hydrogen-bond acceptors (Lipinski definition) is 4. The number of hydrogen-bond donors (Lipinski definition) is 1. The number of thiophene rings is 1. The summed E-state index contributed by atoms with van der Waals surface area (Å²) in [5, 5.41) is 11.7. The Balaban J connectivity index is 1.93. The quantitative estimate of drug-likeness (QED) is 0.540. The molecule has 4 aromatic rings. The van der Waals surface area contributed by atoms with Gasteiger partial charge in [-0.25, -0.2) is 4.98 Å². The van der Waals surface area contributed by atoms with Crippen LogP contribution in [0.15, 0.2) is 48.5 Å². The largest absolute Gasteiger partial charge is 0.508 e. The summed E-state index contributed by atoms with van der Waals surface area (Å²) < 4.78 is 2.30. The van der Waals surface area contributed by atoms with Crippen LogP contribution in [-0.2, 0) is 0 Å². The minimum Gasteiger partial charge on any atom is -0.508 e. The molecule has 4 rings (SSSR count). The third kappa shape index (κ3) is 1.80. The number of fused-ring (bicyclic) bond motifs is 2. The molecule has 0 fully saturated rings. The summed E-state index contributed by atoms with van der Waals surface area (Å²) in [4.78, 5) is 5.82. The molecule has 19 heavy (non-hydrogen) atoms. The average molecular weight is 283 g/mol. The van der Waals surface area contributed by atoms with Gasteiger partial charge in [0.05, 0.1) is 15.1 Å². The van der Waals surface area contributed by atoms with Gasteiger partial charge in [0.15, 0.2) is 0 Å². The van der Waals surface area contributed by atoms with Crippen molar-refractivity contribution in [2.24, 2.45) is 0 Å². The first-order chi connectivity index (χ1) is 9.29.